The molecule has 0 fully saturated rings. The molecule has 0 aliphatic rings. The molecule has 0 aromatic carbocycles. The predicted octanol–water partition coefficient (Wildman–Crippen LogP) is 4.13. The first-order valence-corrected chi connectivity index (χ1v) is 5.42. The van der Waals surface area contributed by atoms with Gasteiger partial charge in [0.1, 0.15) is 0 Å². The third kappa shape index (κ3) is 1.93. The smallest absolute Gasteiger partial charge is 0.0432 e. The second-order valence-electron chi connectivity index (χ2n) is 2.92. The van der Waals surface area contributed by atoms with Crippen LogP contribution >= 0.6 is 24.0 Å². The molecule has 1 rings (SSSR count). The Labute approximate surface area is 83.7 Å². The van der Waals surface area contributed by atoms with E-state index in [4.69, 9.17) is 0 Å². The molecular formula is C10H14S2. The van der Waals surface area contributed by atoms with Crippen molar-refractivity contribution in [3.8, 4) is 0 Å². The average molecular weight is 198 g/mol. The van der Waals surface area contributed by atoms with Gasteiger partial charge in [-0.2, -0.15) is 0 Å². The topological polar surface area (TPSA) is 0 Å². The van der Waals surface area contributed by atoms with Crippen LogP contribution < -0.4 is 0 Å². The van der Waals surface area contributed by atoms with E-state index >= 15 is 0 Å². The second-order valence-corrected chi connectivity index (χ2v) is 4.28. The molecule has 0 N–H and O–H groups in total. The van der Waals surface area contributed by atoms with Gasteiger partial charge in [-0.1, -0.05) is 12.5 Å². The van der Waals surface area contributed by atoms with E-state index in [2.05, 4.69) is 44.8 Å². The van der Waals surface area contributed by atoms with Crippen LogP contribution in [-0.2, 0) is 0 Å². The van der Waals surface area contributed by atoms with Crippen LogP contribution in [-0.4, -0.2) is 0 Å². The van der Waals surface area contributed by atoms with E-state index in [-0.39, 0.29) is 0 Å². The highest BCUT2D eigenvalue weighted by atomic mass is 32.1. The Bertz CT molecular complexity index is 295. The minimum Gasteiger partial charge on any atom is -0.143 e. The van der Waals surface area contributed by atoms with Gasteiger partial charge in [0.05, 0.1) is 0 Å². The minimum absolute atomic E-state index is 1.08. The van der Waals surface area contributed by atoms with Crippen LogP contribution in [0.5, 0.6) is 0 Å². The van der Waals surface area contributed by atoms with E-state index in [0.29, 0.717) is 0 Å². The van der Waals surface area contributed by atoms with Gasteiger partial charge < -0.3 is 0 Å². The maximum absolute atomic E-state index is 4.52. The van der Waals surface area contributed by atoms with E-state index in [1.807, 2.05) is 0 Å². The zero-order valence-corrected chi connectivity index (χ0v) is 9.43. The molecule has 0 amide bonds. The molecule has 0 saturated heterocycles. The Morgan fingerprint density at radius 3 is 2.67 bits per heavy atom. The van der Waals surface area contributed by atoms with Gasteiger partial charge in [-0.3, -0.25) is 0 Å². The summed E-state index contributed by atoms with van der Waals surface area (Å²) in [7, 11) is 0. The standard InChI is InChI=1S/C10H14S2/c1-4-7(2)9(11)10-8(3)5-6-12-10/h5-6,11H,4H2,1-3H3/b9-7-. The quantitative estimate of drug-likeness (QED) is 0.679. The Balaban J connectivity index is 3.07. The number of thiol groups is 1. The summed E-state index contributed by atoms with van der Waals surface area (Å²) < 4.78 is 0. The van der Waals surface area contributed by atoms with Crippen LogP contribution in [0.4, 0.5) is 0 Å². The van der Waals surface area contributed by atoms with Crippen LogP contribution in [0.15, 0.2) is 17.0 Å². The summed E-state index contributed by atoms with van der Waals surface area (Å²) in [5.74, 6) is 0. The third-order valence-electron chi connectivity index (χ3n) is 2.01. The van der Waals surface area contributed by atoms with Gasteiger partial charge in [-0.15, -0.1) is 24.0 Å². The molecular weight excluding hydrogens is 184 g/mol. The molecule has 0 aliphatic carbocycles. The van der Waals surface area contributed by atoms with Crippen molar-refractivity contribution in [1.82, 2.24) is 0 Å². The summed E-state index contributed by atoms with van der Waals surface area (Å²) in [5.41, 5.74) is 2.70. The minimum atomic E-state index is 1.08. The van der Waals surface area contributed by atoms with Crippen LogP contribution in [0.2, 0.25) is 0 Å². The van der Waals surface area contributed by atoms with Crippen molar-refractivity contribution in [3.05, 3.63) is 27.5 Å². The summed E-state index contributed by atoms with van der Waals surface area (Å²) >= 11 is 6.29. The fourth-order valence-corrected chi connectivity index (χ4v) is 2.42. The zero-order valence-electron chi connectivity index (χ0n) is 7.72. The van der Waals surface area contributed by atoms with E-state index in [1.165, 1.54) is 16.0 Å². The Morgan fingerprint density at radius 2 is 2.25 bits per heavy atom. The van der Waals surface area contributed by atoms with Crippen LogP contribution in [0.1, 0.15) is 30.7 Å². The first-order chi connectivity index (χ1) is 5.66. The van der Waals surface area contributed by atoms with Crippen molar-refractivity contribution in [1.29, 1.82) is 0 Å². The third-order valence-corrected chi connectivity index (χ3v) is 3.80. The first kappa shape index (κ1) is 9.87. The average Bonchev–Trinajstić information content (AvgIpc) is 2.48. The maximum Gasteiger partial charge on any atom is 0.0432 e. The normalized spacial score (nSPS) is 13.0. The lowest BCUT2D eigenvalue weighted by molar-refractivity contribution is 1.11. The molecule has 1 aromatic heterocycles. The van der Waals surface area contributed by atoms with Crippen molar-refractivity contribution in [2.45, 2.75) is 27.2 Å². The van der Waals surface area contributed by atoms with E-state index in [0.717, 1.165) is 11.3 Å². The molecule has 0 atom stereocenters. The number of thiophene rings is 1. The SMILES string of the molecule is CC/C(C)=C(\S)c1sccc1C. The van der Waals surface area contributed by atoms with E-state index < -0.39 is 0 Å². The van der Waals surface area contributed by atoms with Crippen LogP contribution in [0.3, 0.4) is 0 Å². The predicted molar refractivity (Wildman–Crippen MR) is 60.9 cm³/mol. The molecule has 0 aliphatic heterocycles. The molecule has 0 unspecified atom stereocenters. The molecule has 0 spiro atoms. The van der Waals surface area contributed by atoms with E-state index in [9.17, 15) is 0 Å². The summed E-state index contributed by atoms with van der Waals surface area (Å²) in [6.07, 6.45) is 1.08. The van der Waals surface area contributed by atoms with Crippen LogP contribution in [0.25, 0.3) is 4.91 Å². The van der Waals surface area contributed by atoms with Crippen molar-refractivity contribution in [2.75, 3.05) is 0 Å². The zero-order chi connectivity index (χ0) is 9.14. The molecule has 0 nitrogen and oxygen atoms in total. The molecule has 0 saturated carbocycles. The van der Waals surface area contributed by atoms with Crippen molar-refractivity contribution < 1.29 is 0 Å². The highest BCUT2D eigenvalue weighted by Crippen LogP contribution is 2.30. The molecule has 1 aromatic rings. The first-order valence-electron chi connectivity index (χ1n) is 4.10. The molecule has 1 heterocycles. The van der Waals surface area contributed by atoms with Crippen molar-refractivity contribution in [2.24, 2.45) is 0 Å². The number of hydrogen-bond acceptors (Lipinski definition) is 2. The van der Waals surface area contributed by atoms with Gasteiger partial charge in [-0.25, -0.2) is 0 Å². The molecule has 2 heteroatoms. The van der Waals surface area contributed by atoms with Gasteiger partial charge in [0, 0.05) is 9.78 Å². The summed E-state index contributed by atoms with van der Waals surface area (Å²) in [6.45, 7) is 6.43. The highest BCUT2D eigenvalue weighted by Gasteiger charge is 2.04. The lowest BCUT2D eigenvalue weighted by atomic mass is 10.2. The maximum atomic E-state index is 4.52. The monoisotopic (exact) mass is 198 g/mol. The van der Waals surface area contributed by atoms with Gasteiger partial charge >= 0.3 is 0 Å². The highest BCUT2D eigenvalue weighted by molar-refractivity contribution is 7.90. The number of hydrogen-bond donors (Lipinski definition) is 1. The molecule has 0 bridgehead atoms. The van der Waals surface area contributed by atoms with Crippen molar-refractivity contribution in [3.63, 3.8) is 0 Å². The number of allylic oxidation sites excluding steroid dienone is 1. The molecule has 12 heavy (non-hydrogen) atoms. The Hall–Kier alpha value is -0.210. The lowest BCUT2D eigenvalue weighted by Crippen LogP contribution is -1.80. The summed E-state index contributed by atoms with van der Waals surface area (Å²) in [5, 5.41) is 2.11. The summed E-state index contributed by atoms with van der Waals surface area (Å²) in [4.78, 5) is 2.47. The Kier molecular flexibility index (Phi) is 3.41. The number of aryl methyl sites for hydroxylation is 1. The van der Waals surface area contributed by atoms with Crippen molar-refractivity contribution >= 4 is 28.9 Å². The second kappa shape index (κ2) is 4.15. The van der Waals surface area contributed by atoms with Gasteiger partial charge in [0.2, 0.25) is 0 Å². The molecule has 0 radical (unpaired) electrons. The van der Waals surface area contributed by atoms with E-state index in [1.54, 1.807) is 11.3 Å². The van der Waals surface area contributed by atoms with Gasteiger partial charge in [0.15, 0.2) is 0 Å². The van der Waals surface area contributed by atoms with Gasteiger partial charge in [-0.05, 0) is 37.3 Å². The fraction of sp³-hybridized carbons (Fsp3) is 0.400. The summed E-state index contributed by atoms with van der Waals surface area (Å²) in [6, 6.07) is 2.14. The Morgan fingerprint density at radius 1 is 1.58 bits per heavy atom. The van der Waals surface area contributed by atoms with Crippen LogP contribution in [0, 0.1) is 6.92 Å². The lowest BCUT2D eigenvalue weighted by Gasteiger charge is -2.03. The van der Waals surface area contributed by atoms with Gasteiger partial charge in [0.25, 0.3) is 0 Å². The molecule has 66 valence electrons. The number of rotatable bonds is 2. The fourth-order valence-electron chi connectivity index (χ4n) is 0.977. The largest absolute Gasteiger partial charge is 0.143 e.